The maximum Gasteiger partial charge on any atom is 0.0991 e. The summed E-state index contributed by atoms with van der Waals surface area (Å²) in [4.78, 5) is 0. The van der Waals surface area contributed by atoms with Crippen LogP contribution in [-0.2, 0) is 6.42 Å². The Balaban J connectivity index is 1.63. The summed E-state index contributed by atoms with van der Waals surface area (Å²) in [5.74, 6) is 0. The fourth-order valence-electron chi connectivity index (χ4n) is 3.67. The molecule has 0 aromatic heterocycles. The van der Waals surface area contributed by atoms with Crippen LogP contribution in [0.5, 0.6) is 0 Å². The van der Waals surface area contributed by atoms with Gasteiger partial charge in [-0.15, -0.1) is 0 Å². The van der Waals surface area contributed by atoms with E-state index in [1.165, 1.54) is 36.5 Å². The van der Waals surface area contributed by atoms with E-state index in [2.05, 4.69) is 127 Å². The Morgan fingerprint density at radius 3 is 1.09 bits per heavy atom. The van der Waals surface area contributed by atoms with Crippen LogP contribution in [0.25, 0.3) is 22.3 Å². The number of benzene rings is 4. The van der Waals surface area contributed by atoms with Crippen molar-refractivity contribution in [3.05, 3.63) is 109 Å². The van der Waals surface area contributed by atoms with Gasteiger partial charge in [0.2, 0.25) is 0 Å². The van der Waals surface area contributed by atoms with E-state index < -0.39 is 0 Å². The van der Waals surface area contributed by atoms with Gasteiger partial charge in [-0.3, -0.25) is 0 Å². The molecule has 0 atom stereocenters. The third-order valence-corrected chi connectivity index (χ3v) is 8.62. The summed E-state index contributed by atoms with van der Waals surface area (Å²) in [6.07, 6.45) is 0.860. The van der Waals surface area contributed by atoms with E-state index in [0.717, 1.165) is 17.5 Å². The molecule has 0 aliphatic heterocycles. The topological polar surface area (TPSA) is 47.6 Å². The third kappa shape index (κ3) is 5.72. The molecule has 0 saturated heterocycles. The number of nitrogens with zero attached hydrogens (tertiary/aromatic N) is 2. The van der Waals surface area contributed by atoms with Crippen LogP contribution in [0.3, 0.4) is 0 Å². The summed E-state index contributed by atoms with van der Waals surface area (Å²) in [6.45, 7) is 0. The standard InChI is InChI=1S/C27H14I4N2/c28-22-10-18(11-23(29)26(22)20-5-1-16(14-32)2-6-20)9-19-12-24(30)27(25(31)13-19)21-7-3-17(15-33)4-8-21/h1-8,10-13H,9H2. The van der Waals surface area contributed by atoms with Gasteiger partial charge in [-0.2, -0.15) is 10.5 Å². The summed E-state index contributed by atoms with van der Waals surface area (Å²) >= 11 is 9.65. The smallest absolute Gasteiger partial charge is 0.0991 e. The first-order valence-electron chi connectivity index (χ1n) is 9.86. The fraction of sp³-hybridized carbons (Fsp3) is 0.0370. The second-order valence-electron chi connectivity index (χ2n) is 7.42. The van der Waals surface area contributed by atoms with Crippen molar-refractivity contribution >= 4 is 90.4 Å². The van der Waals surface area contributed by atoms with Crippen LogP contribution < -0.4 is 0 Å². The van der Waals surface area contributed by atoms with Crippen LogP contribution in [0, 0.1) is 36.9 Å². The van der Waals surface area contributed by atoms with E-state index in [9.17, 15) is 0 Å². The Labute approximate surface area is 248 Å². The van der Waals surface area contributed by atoms with Gasteiger partial charge in [-0.25, -0.2) is 0 Å². The molecule has 0 saturated carbocycles. The minimum absolute atomic E-state index is 0.675. The molecule has 0 spiro atoms. The van der Waals surface area contributed by atoms with Gasteiger partial charge in [0.05, 0.1) is 23.3 Å². The molecule has 6 heteroatoms. The molecular formula is C27H14I4N2. The number of hydrogen-bond donors (Lipinski definition) is 0. The summed E-state index contributed by atoms with van der Waals surface area (Å²) in [5, 5.41) is 18.1. The maximum absolute atomic E-state index is 9.06. The predicted molar refractivity (Wildman–Crippen MR) is 167 cm³/mol. The zero-order valence-electron chi connectivity index (χ0n) is 17.0. The SMILES string of the molecule is N#Cc1ccc(-c2c(I)cc(Cc3cc(I)c(-c4ccc(C#N)cc4)c(I)c3)cc2I)cc1. The summed E-state index contributed by atoms with van der Waals surface area (Å²) in [7, 11) is 0. The number of halogens is 4. The lowest BCUT2D eigenvalue weighted by molar-refractivity contribution is 1.18. The van der Waals surface area contributed by atoms with Crippen molar-refractivity contribution in [1.29, 1.82) is 10.5 Å². The predicted octanol–water partition coefficient (Wildman–Crippen LogP) is 8.77. The van der Waals surface area contributed by atoms with E-state index in [1.807, 2.05) is 48.5 Å². The summed E-state index contributed by atoms with van der Waals surface area (Å²) in [6, 6.07) is 28.9. The van der Waals surface area contributed by atoms with E-state index >= 15 is 0 Å². The Kier molecular flexibility index (Phi) is 8.31. The molecule has 0 N–H and O–H groups in total. The van der Waals surface area contributed by atoms with Gasteiger partial charge >= 0.3 is 0 Å². The molecule has 0 radical (unpaired) electrons. The zero-order valence-corrected chi connectivity index (χ0v) is 25.7. The quantitative estimate of drug-likeness (QED) is 0.193. The highest BCUT2D eigenvalue weighted by Gasteiger charge is 2.13. The van der Waals surface area contributed by atoms with Gasteiger partial charge in [-0.1, -0.05) is 24.3 Å². The van der Waals surface area contributed by atoms with Crippen molar-refractivity contribution in [2.75, 3.05) is 0 Å². The lowest BCUT2D eigenvalue weighted by Gasteiger charge is -2.14. The Bertz CT molecular complexity index is 1270. The molecule has 0 aliphatic carbocycles. The normalized spacial score (nSPS) is 10.5. The minimum Gasteiger partial charge on any atom is -0.192 e. The number of hydrogen-bond acceptors (Lipinski definition) is 2. The van der Waals surface area contributed by atoms with Gasteiger partial charge in [0.1, 0.15) is 0 Å². The van der Waals surface area contributed by atoms with E-state index in [4.69, 9.17) is 10.5 Å². The van der Waals surface area contributed by atoms with E-state index in [1.54, 1.807) is 0 Å². The highest BCUT2D eigenvalue weighted by atomic mass is 127. The molecule has 0 unspecified atom stereocenters. The molecule has 0 heterocycles. The molecule has 33 heavy (non-hydrogen) atoms. The van der Waals surface area contributed by atoms with E-state index in [0.29, 0.717) is 11.1 Å². The van der Waals surface area contributed by atoms with Gasteiger partial charge in [0.15, 0.2) is 0 Å². The fourth-order valence-corrected chi connectivity index (χ4v) is 8.71. The molecule has 4 aromatic carbocycles. The molecule has 0 fully saturated rings. The van der Waals surface area contributed by atoms with Crippen molar-refractivity contribution in [2.45, 2.75) is 6.42 Å². The van der Waals surface area contributed by atoms with Gasteiger partial charge in [0.25, 0.3) is 0 Å². The first kappa shape index (κ1) is 24.9. The molecule has 2 nitrogen and oxygen atoms in total. The summed E-state index contributed by atoms with van der Waals surface area (Å²) in [5.41, 5.74) is 8.59. The van der Waals surface area contributed by atoms with Crippen LogP contribution in [0.15, 0.2) is 72.8 Å². The van der Waals surface area contributed by atoms with Crippen molar-refractivity contribution in [3.63, 3.8) is 0 Å². The van der Waals surface area contributed by atoms with Crippen LogP contribution in [0.2, 0.25) is 0 Å². The summed E-state index contributed by atoms with van der Waals surface area (Å²) < 4.78 is 4.83. The highest BCUT2D eigenvalue weighted by Crippen LogP contribution is 2.35. The van der Waals surface area contributed by atoms with Crippen LogP contribution in [-0.4, -0.2) is 0 Å². The molecule has 0 bridgehead atoms. The molecule has 160 valence electrons. The van der Waals surface area contributed by atoms with Gasteiger partial charge < -0.3 is 0 Å². The lowest BCUT2D eigenvalue weighted by Crippen LogP contribution is -1.97. The van der Waals surface area contributed by atoms with Crippen molar-refractivity contribution in [2.24, 2.45) is 0 Å². The van der Waals surface area contributed by atoms with Gasteiger partial charge in [0, 0.05) is 25.4 Å². The molecule has 0 amide bonds. The Hall–Kier alpha value is -1.22. The Morgan fingerprint density at radius 1 is 0.515 bits per heavy atom. The van der Waals surface area contributed by atoms with Crippen LogP contribution in [0.4, 0.5) is 0 Å². The van der Waals surface area contributed by atoms with Crippen molar-refractivity contribution < 1.29 is 0 Å². The molecule has 4 rings (SSSR count). The van der Waals surface area contributed by atoms with E-state index in [-0.39, 0.29) is 0 Å². The highest BCUT2D eigenvalue weighted by molar-refractivity contribution is 14.1. The van der Waals surface area contributed by atoms with Crippen molar-refractivity contribution in [1.82, 2.24) is 0 Å². The molecule has 0 aliphatic rings. The lowest BCUT2D eigenvalue weighted by atomic mass is 9.98. The number of rotatable bonds is 4. The second kappa shape index (κ2) is 11.0. The largest absolute Gasteiger partial charge is 0.192 e. The Morgan fingerprint density at radius 2 is 0.818 bits per heavy atom. The minimum atomic E-state index is 0.675. The van der Waals surface area contributed by atoms with Gasteiger partial charge in [-0.05, 0) is 168 Å². The second-order valence-corrected chi connectivity index (χ2v) is 12.1. The molecular weight excluding hydrogens is 860 g/mol. The first-order valence-corrected chi connectivity index (χ1v) is 14.2. The van der Waals surface area contributed by atoms with Crippen LogP contribution in [0.1, 0.15) is 22.3 Å². The average molecular weight is 874 g/mol. The monoisotopic (exact) mass is 874 g/mol. The average Bonchev–Trinajstić information content (AvgIpc) is 2.79. The first-order chi connectivity index (χ1) is 15.9. The molecule has 4 aromatic rings. The third-order valence-electron chi connectivity index (χ3n) is 5.22. The zero-order chi connectivity index (χ0) is 23.5. The maximum atomic E-state index is 9.06. The van der Waals surface area contributed by atoms with Crippen LogP contribution >= 0.6 is 90.4 Å². The van der Waals surface area contributed by atoms with Crippen molar-refractivity contribution in [3.8, 4) is 34.4 Å². The number of nitriles is 2.